The second-order valence-corrected chi connectivity index (χ2v) is 4.62. The molecule has 0 aliphatic carbocycles. The van der Waals surface area contributed by atoms with Gasteiger partial charge in [-0.05, 0) is 19.3 Å². The molecule has 1 aromatic rings. The minimum atomic E-state index is -0.636. The van der Waals surface area contributed by atoms with Crippen molar-refractivity contribution in [1.29, 1.82) is 0 Å². The molecule has 0 fully saturated rings. The molecule has 0 amide bonds. The lowest BCUT2D eigenvalue weighted by Gasteiger charge is -2.19. The maximum absolute atomic E-state index is 11.9. The Hall–Kier alpha value is -1.19. The average molecular weight is 236 g/mol. The van der Waals surface area contributed by atoms with Crippen molar-refractivity contribution in [2.75, 3.05) is 0 Å². The van der Waals surface area contributed by atoms with Crippen LogP contribution in [0.25, 0.3) is 0 Å². The van der Waals surface area contributed by atoms with E-state index in [2.05, 4.69) is 0 Å². The predicted octanol–water partition coefficient (Wildman–Crippen LogP) is 2.03. The largest absolute Gasteiger partial charge is 0.393 e. The van der Waals surface area contributed by atoms with E-state index >= 15 is 0 Å². The average Bonchev–Trinajstić information content (AvgIpc) is 2.29. The van der Waals surface area contributed by atoms with Crippen molar-refractivity contribution in [1.82, 2.24) is 0 Å². The highest BCUT2D eigenvalue weighted by Crippen LogP contribution is 2.16. The van der Waals surface area contributed by atoms with Crippen molar-refractivity contribution < 1.29 is 15.0 Å². The Morgan fingerprint density at radius 1 is 1.18 bits per heavy atom. The number of carbonyl (C=O) groups is 1. The molecule has 0 aliphatic rings. The van der Waals surface area contributed by atoms with Crippen molar-refractivity contribution in [3.05, 3.63) is 35.9 Å². The topological polar surface area (TPSA) is 57.5 Å². The molecule has 3 heteroatoms. The number of rotatable bonds is 6. The minimum absolute atomic E-state index is 0.0303. The van der Waals surface area contributed by atoms with Gasteiger partial charge in [-0.1, -0.05) is 37.3 Å². The summed E-state index contributed by atoms with van der Waals surface area (Å²) < 4.78 is 0. The molecule has 0 aromatic heterocycles. The fourth-order valence-corrected chi connectivity index (χ4v) is 1.75. The first kappa shape index (κ1) is 13.9. The summed E-state index contributed by atoms with van der Waals surface area (Å²) in [5.41, 5.74) is 0.670. The van der Waals surface area contributed by atoms with Gasteiger partial charge in [0, 0.05) is 12.0 Å². The Bertz CT molecular complexity index is 346. The molecule has 0 bridgehead atoms. The van der Waals surface area contributed by atoms with Crippen LogP contribution >= 0.6 is 0 Å². The SMILES string of the molecule is CC(O)CC(O)C(C)CC(=O)c1ccccc1. The van der Waals surface area contributed by atoms with E-state index in [-0.39, 0.29) is 11.7 Å². The molecule has 2 N–H and O–H groups in total. The lowest BCUT2D eigenvalue weighted by atomic mass is 9.92. The Kier molecular flexibility index (Phi) is 5.32. The standard InChI is InChI=1S/C14H20O3/c1-10(13(16)9-11(2)15)8-14(17)12-6-4-3-5-7-12/h3-7,10-11,13,15-16H,8-9H2,1-2H3. The van der Waals surface area contributed by atoms with Gasteiger partial charge in [0.1, 0.15) is 0 Å². The third-order valence-electron chi connectivity index (χ3n) is 2.84. The van der Waals surface area contributed by atoms with E-state index < -0.39 is 12.2 Å². The van der Waals surface area contributed by atoms with Gasteiger partial charge in [0.25, 0.3) is 0 Å². The smallest absolute Gasteiger partial charge is 0.163 e. The van der Waals surface area contributed by atoms with Crippen LogP contribution < -0.4 is 0 Å². The maximum Gasteiger partial charge on any atom is 0.163 e. The Morgan fingerprint density at radius 3 is 2.29 bits per heavy atom. The van der Waals surface area contributed by atoms with E-state index in [1.807, 2.05) is 25.1 Å². The number of ketones is 1. The molecular weight excluding hydrogens is 216 g/mol. The van der Waals surface area contributed by atoms with Gasteiger partial charge < -0.3 is 10.2 Å². The van der Waals surface area contributed by atoms with Crippen molar-refractivity contribution in [3.63, 3.8) is 0 Å². The first-order valence-electron chi connectivity index (χ1n) is 5.95. The minimum Gasteiger partial charge on any atom is -0.393 e. The van der Waals surface area contributed by atoms with Crippen molar-refractivity contribution in [2.45, 2.75) is 38.9 Å². The Morgan fingerprint density at radius 2 is 1.76 bits per heavy atom. The maximum atomic E-state index is 11.9. The fourth-order valence-electron chi connectivity index (χ4n) is 1.75. The highest BCUT2D eigenvalue weighted by atomic mass is 16.3. The molecule has 0 spiro atoms. The van der Waals surface area contributed by atoms with Gasteiger partial charge in [0.15, 0.2) is 5.78 Å². The number of aliphatic hydroxyl groups is 2. The van der Waals surface area contributed by atoms with Crippen molar-refractivity contribution >= 4 is 5.78 Å². The highest BCUT2D eigenvalue weighted by molar-refractivity contribution is 5.96. The van der Waals surface area contributed by atoms with Crippen LogP contribution in [0.3, 0.4) is 0 Å². The third kappa shape index (κ3) is 4.67. The van der Waals surface area contributed by atoms with Crippen LogP contribution in [0, 0.1) is 5.92 Å². The van der Waals surface area contributed by atoms with Crippen LogP contribution in [-0.2, 0) is 0 Å². The molecule has 94 valence electrons. The molecule has 0 saturated heterocycles. The van der Waals surface area contributed by atoms with E-state index in [9.17, 15) is 15.0 Å². The van der Waals surface area contributed by atoms with Crippen LogP contribution in [0.5, 0.6) is 0 Å². The Labute approximate surface area is 102 Å². The van der Waals surface area contributed by atoms with E-state index in [1.54, 1.807) is 19.1 Å². The summed E-state index contributed by atoms with van der Waals surface area (Å²) in [6.45, 7) is 3.46. The molecule has 1 aromatic carbocycles. The van der Waals surface area contributed by atoms with Gasteiger partial charge in [0.2, 0.25) is 0 Å². The molecule has 0 saturated carbocycles. The number of hydrogen-bond acceptors (Lipinski definition) is 3. The molecular formula is C14H20O3. The fraction of sp³-hybridized carbons (Fsp3) is 0.500. The molecule has 17 heavy (non-hydrogen) atoms. The normalized spacial score (nSPS) is 16.2. The molecule has 0 heterocycles. The number of carbonyl (C=O) groups excluding carboxylic acids is 1. The zero-order chi connectivity index (χ0) is 12.8. The van der Waals surface area contributed by atoms with Crippen LogP contribution in [0.15, 0.2) is 30.3 Å². The van der Waals surface area contributed by atoms with Gasteiger partial charge in [-0.25, -0.2) is 0 Å². The Balaban J connectivity index is 2.51. The molecule has 0 aliphatic heterocycles. The summed E-state index contributed by atoms with van der Waals surface area (Å²) in [6.07, 6.45) is -0.567. The van der Waals surface area contributed by atoms with Gasteiger partial charge in [-0.15, -0.1) is 0 Å². The third-order valence-corrected chi connectivity index (χ3v) is 2.84. The van der Waals surface area contributed by atoms with Crippen molar-refractivity contribution in [3.8, 4) is 0 Å². The number of hydrogen-bond donors (Lipinski definition) is 2. The number of Topliss-reactive ketones (excluding diaryl/α,β-unsaturated/α-hetero) is 1. The van der Waals surface area contributed by atoms with E-state index in [1.165, 1.54) is 0 Å². The lowest BCUT2D eigenvalue weighted by molar-refractivity contribution is 0.0501. The number of aliphatic hydroxyl groups excluding tert-OH is 2. The van der Waals surface area contributed by atoms with Gasteiger partial charge in [-0.3, -0.25) is 4.79 Å². The first-order chi connectivity index (χ1) is 8.00. The highest BCUT2D eigenvalue weighted by Gasteiger charge is 2.19. The van der Waals surface area contributed by atoms with E-state index in [0.717, 1.165) is 0 Å². The molecule has 1 rings (SSSR count). The van der Waals surface area contributed by atoms with Gasteiger partial charge in [-0.2, -0.15) is 0 Å². The molecule has 0 radical (unpaired) electrons. The second-order valence-electron chi connectivity index (χ2n) is 4.62. The molecule has 3 unspecified atom stereocenters. The van der Waals surface area contributed by atoms with E-state index in [0.29, 0.717) is 18.4 Å². The summed E-state index contributed by atoms with van der Waals surface area (Å²) in [7, 11) is 0. The summed E-state index contributed by atoms with van der Waals surface area (Å²) in [5.74, 6) is -0.111. The summed E-state index contributed by atoms with van der Waals surface area (Å²) in [5, 5.41) is 18.9. The summed E-state index contributed by atoms with van der Waals surface area (Å²) in [4.78, 5) is 11.9. The molecule has 3 atom stereocenters. The summed E-state index contributed by atoms with van der Waals surface area (Å²) in [6, 6.07) is 9.06. The van der Waals surface area contributed by atoms with Gasteiger partial charge in [0.05, 0.1) is 12.2 Å². The first-order valence-corrected chi connectivity index (χ1v) is 5.95. The van der Waals surface area contributed by atoms with Crippen LogP contribution in [0.4, 0.5) is 0 Å². The monoisotopic (exact) mass is 236 g/mol. The van der Waals surface area contributed by atoms with Crippen LogP contribution in [0.2, 0.25) is 0 Å². The zero-order valence-corrected chi connectivity index (χ0v) is 10.3. The molecule has 3 nitrogen and oxygen atoms in total. The van der Waals surface area contributed by atoms with E-state index in [4.69, 9.17) is 0 Å². The van der Waals surface area contributed by atoms with Gasteiger partial charge >= 0.3 is 0 Å². The van der Waals surface area contributed by atoms with Crippen LogP contribution in [-0.4, -0.2) is 28.2 Å². The van der Waals surface area contributed by atoms with Crippen LogP contribution in [0.1, 0.15) is 37.0 Å². The summed E-state index contributed by atoms with van der Waals surface area (Å²) >= 11 is 0. The van der Waals surface area contributed by atoms with Crippen molar-refractivity contribution in [2.24, 2.45) is 5.92 Å². The quantitative estimate of drug-likeness (QED) is 0.743. The lowest BCUT2D eigenvalue weighted by Crippen LogP contribution is -2.24. The number of benzene rings is 1. The zero-order valence-electron chi connectivity index (χ0n) is 10.3. The second kappa shape index (κ2) is 6.52. The predicted molar refractivity (Wildman–Crippen MR) is 66.9 cm³/mol.